The second kappa shape index (κ2) is 8.35. The van der Waals surface area contributed by atoms with Gasteiger partial charge in [-0.1, -0.05) is 41.5 Å². The van der Waals surface area contributed by atoms with Gasteiger partial charge < -0.3 is 15.2 Å². The molecule has 5 heteroatoms. The third kappa shape index (κ3) is 4.24. The molecule has 3 N–H and O–H groups in total. The van der Waals surface area contributed by atoms with Crippen molar-refractivity contribution in [3.8, 4) is 0 Å². The quantitative estimate of drug-likeness (QED) is 0.462. The molecule has 29 heavy (non-hydrogen) atoms. The number of para-hydroxylation sites is 1. The molecule has 0 spiro atoms. The standard InChI is InChI=1S/C24H25NO4/c1-14(2)6-4-7-15(3)10-11-16-8-5-9-17-18(13-25-22(16)17)21-23(28)19(26)12-20(27)24(21)29/h5-6,8-10,12-13,25-26,29H,4,7,11H2,1-3H3/b15-10+. The minimum absolute atomic E-state index is 0.174. The molecule has 0 amide bonds. The van der Waals surface area contributed by atoms with Gasteiger partial charge in [0.1, 0.15) is 0 Å². The van der Waals surface area contributed by atoms with Crippen molar-refractivity contribution < 1.29 is 19.8 Å². The highest BCUT2D eigenvalue weighted by molar-refractivity contribution is 6.38. The van der Waals surface area contributed by atoms with Crippen LogP contribution in [0.2, 0.25) is 0 Å². The van der Waals surface area contributed by atoms with E-state index in [-0.39, 0.29) is 5.57 Å². The van der Waals surface area contributed by atoms with Crippen molar-refractivity contribution in [2.75, 3.05) is 0 Å². The van der Waals surface area contributed by atoms with E-state index in [1.54, 1.807) is 6.20 Å². The van der Waals surface area contributed by atoms with Crippen molar-refractivity contribution in [1.82, 2.24) is 4.98 Å². The van der Waals surface area contributed by atoms with Crippen LogP contribution < -0.4 is 0 Å². The Bertz CT molecular complexity index is 1110. The maximum absolute atomic E-state index is 12.4. The first-order valence-electron chi connectivity index (χ1n) is 9.61. The topological polar surface area (TPSA) is 90.4 Å². The highest BCUT2D eigenvalue weighted by atomic mass is 16.3. The van der Waals surface area contributed by atoms with Gasteiger partial charge in [0, 0.05) is 28.7 Å². The Morgan fingerprint density at radius 1 is 1.10 bits per heavy atom. The predicted molar refractivity (Wildman–Crippen MR) is 115 cm³/mol. The van der Waals surface area contributed by atoms with Crippen LogP contribution in [0.25, 0.3) is 16.5 Å². The molecule has 0 unspecified atom stereocenters. The largest absolute Gasteiger partial charge is 0.504 e. The van der Waals surface area contributed by atoms with Gasteiger partial charge in [-0.3, -0.25) is 9.59 Å². The molecule has 0 atom stereocenters. The normalized spacial score (nSPS) is 15.1. The van der Waals surface area contributed by atoms with Crippen molar-refractivity contribution in [2.45, 2.75) is 40.0 Å². The number of aromatic amines is 1. The van der Waals surface area contributed by atoms with Crippen LogP contribution in [0.5, 0.6) is 0 Å². The average Bonchev–Trinajstić information content (AvgIpc) is 3.09. The molecule has 1 aliphatic rings. The first kappa shape index (κ1) is 20.4. The van der Waals surface area contributed by atoms with Crippen LogP contribution in [0.1, 0.15) is 44.7 Å². The Labute approximate surface area is 169 Å². The number of rotatable bonds is 6. The van der Waals surface area contributed by atoms with Crippen molar-refractivity contribution in [3.05, 3.63) is 76.4 Å². The Balaban J connectivity index is 1.92. The summed E-state index contributed by atoms with van der Waals surface area (Å²) in [6, 6.07) is 5.70. The SMILES string of the molecule is CC(C)=CCC/C(C)=C/Cc1cccc2c(C3=C(O)C(=O)C=C(O)C3=O)c[nH]c12. The van der Waals surface area contributed by atoms with Crippen LogP contribution in [0.3, 0.4) is 0 Å². The molecule has 5 nitrogen and oxygen atoms in total. The number of ketones is 2. The predicted octanol–water partition coefficient (Wildman–Crippen LogP) is 5.27. The first-order chi connectivity index (χ1) is 13.8. The number of nitrogens with one attached hydrogen (secondary N) is 1. The van der Waals surface area contributed by atoms with Crippen molar-refractivity contribution in [3.63, 3.8) is 0 Å². The average molecular weight is 391 g/mol. The number of allylic oxidation sites excluding steroid dienone is 6. The molecule has 0 aliphatic heterocycles. The van der Waals surface area contributed by atoms with E-state index >= 15 is 0 Å². The third-order valence-electron chi connectivity index (χ3n) is 5.03. The molecule has 1 heterocycles. The van der Waals surface area contributed by atoms with Gasteiger partial charge in [0.15, 0.2) is 11.5 Å². The highest BCUT2D eigenvalue weighted by Crippen LogP contribution is 2.32. The van der Waals surface area contributed by atoms with E-state index in [9.17, 15) is 19.8 Å². The van der Waals surface area contributed by atoms with E-state index in [1.165, 1.54) is 11.1 Å². The number of fused-ring (bicyclic) bond motifs is 1. The number of hydrogen-bond donors (Lipinski definition) is 3. The van der Waals surface area contributed by atoms with Gasteiger partial charge >= 0.3 is 0 Å². The molecule has 0 radical (unpaired) electrons. The monoisotopic (exact) mass is 391 g/mol. The van der Waals surface area contributed by atoms with E-state index in [2.05, 4.69) is 37.9 Å². The van der Waals surface area contributed by atoms with Crippen LogP contribution in [-0.4, -0.2) is 26.8 Å². The number of carbonyl (C=O) groups is 2. The molecule has 0 saturated heterocycles. The first-order valence-corrected chi connectivity index (χ1v) is 9.61. The lowest BCUT2D eigenvalue weighted by Gasteiger charge is -2.12. The summed E-state index contributed by atoms with van der Waals surface area (Å²) in [7, 11) is 0. The Morgan fingerprint density at radius 3 is 2.59 bits per heavy atom. The minimum atomic E-state index is -0.780. The zero-order chi connectivity index (χ0) is 21.1. The third-order valence-corrected chi connectivity index (χ3v) is 5.03. The minimum Gasteiger partial charge on any atom is -0.504 e. The molecular formula is C24H25NO4. The van der Waals surface area contributed by atoms with Gasteiger partial charge in [-0.25, -0.2) is 0 Å². The maximum atomic E-state index is 12.4. The summed E-state index contributed by atoms with van der Waals surface area (Å²) in [6.07, 6.45) is 9.49. The van der Waals surface area contributed by atoms with Gasteiger partial charge in [0.2, 0.25) is 11.6 Å². The highest BCUT2D eigenvalue weighted by Gasteiger charge is 2.31. The fraction of sp³-hybridized carbons (Fsp3) is 0.250. The zero-order valence-corrected chi connectivity index (χ0v) is 16.9. The lowest BCUT2D eigenvalue weighted by Crippen LogP contribution is -2.18. The molecule has 0 bridgehead atoms. The number of H-pyrrole nitrogens is 1. The summed E-state index contributed by atoms with van der Waals surface area (Å²) in [5.41, 5.74) is 4.73. The van der Waals surface area contributed by atoms with Gasteiger partial charge in [-0.15, -0.1) is 0 Å². The summed E-state index contributed by atoms with van der Waals surface area (Å²) >= 11 is 0. The summed E-state index contributed by atoms with van der Waals surface area (Å²) in [6.45, 7) is 6.30. The molecule has 1 aliphatic carbocycles. The van der Waals surface area contributed by atoms with Crippen LogP contribution in [0.4, 0.5) is 0 Å². The number of hydrogen-bond acceptors (Lipinski definition) is 4. The van der Waals surface area contributed by atoms with Crippen molar-refractivity contribution in [2.24, 2.45) is 0 Å². The van der Waals surface area contributed by atoms with Gasteiger partial charge in [0.05, 0.1) is 5.57 Å². The number of aliphatic hydroxyl groups excluding tert-OH is 2. The lowest BCUT2D eigenvalue weighted by atomic mass is 9.92. The molecule has 0 fully saturated rings. The van der Waals surface area contributed by atoms with Crippen LogP contribution in [0.15, 0.2) is 65.3 Å². The second-order valence-corrected chi connectivity index (χ2v) is 7.56. The number of aromatic nitrogens is 1. The van der Waals surface area contributed by atoms with Crippen LogP contribution in [0, 0.1) is 0 Å². The molecule has 2 aromatic rings. The summed E-state index contributed by atoms with van der Waals surface area (Å²) < 4.78 is 0. The van der Waals surface area contributed by atoms with Crippen molar-refractivity contribution in [1.29, 1.82) is 0 Å². The van der Waals surface area contributed by atoms with Crippen LogP contribution >= 0.6 is 0 Å². The molecule has 1 aromatic heterocycles. The molecule has 3 rings (SSSR count). The Kier molecular flexibility index (Phi) is 5.87. The fourth-order valence-electron chi connectivity index (χ4n) is 3.44. The number of aliphatic hydroxyl groups is 2. The van der Waals surface area contributed by atoms with Gasteiger partial charge in [-0.2, -0.15) is 0 Å². The van der Waals surface area contributed by atoms with E-state index < -0.39 is 23.1 Å². The smallest absolute Gasteiger partial charge is 0.231 e. The Hall–Kier alpha value is -3.34. The number of carbonyl (C=O) groups excluding carboxylic acids is 2. The van der Waals surface area contributed by atoms with E-state index in [1.807, 2.05) is 18.2 Å². The molecule has 1 aromatic carbocycles. The summed E-state index contributed by atoms with van der Waals surface area (Å²) in [4.78, 5) is 27.4. The van der Waals surface area contributed by atoms with E-state index in [0.29, 0.717) is 5.56 Å². The summed E-state index contributed by atoms with van der Waals surface area (Å²) in [5, 5.41) is 20.6. The lowest BCUT2D eigenvalue weighted by molar-refractivity contribution is -0.117. The zero-order valence-electron chi connectivity index (χ0n) is 16.9. The summed E-state index contributed by atoms with van der Waals surface area (Å²) in [5.74, 6) is -2.85. The fourth-order valence-corrected chi connectivity index (χ4v) is 3.44. The Morgan fingerprint density at radius 2 is 1.86 bits per heavy atom. The van der Waals surface area contributed by atoms with Gasteiger partial charge in [-0.05, 0) is 45.6 Å². The molecule has 150 valence electrons. The molecule has 0 saturated carbocycles. The number of benzene rings is 1. The van der Waals surface area contributed by atoms with Crippen molar-refractivity contribution >= 4 is 28.0 Å². The maximum Gasteiger partial charge on any atom is 0.231 e. The van der Waals surface area contributed by atoms with Gasteiger partial charge in [0.25, 0.3) is 0 Å². The van der Waals surface area contributed by atoms with E-state index in [0.717, 1.165) is 41.8 Å². The number of Topliss-reactive ketones (excluding diaryl/α,β-unsaturated/α-hetero) is 1. The molecular weight excluding hydrogens is 366 g/mol. The van der Waals surface area contributed by atoms with Crippen LogP contribution in [-0.2, 0) is 16.0 Å². The van der Waals surface area contributed by atoms with E-state index in [4.69, 9.17) is 0 Å². The second-order valence-electron chi connectivity index (χ2n) is 7.56.